The topological polar surface area (TPSA) is 0 Å². The summed E-state index contributed by atoms with van der Waals surface area (Å²) in [5.41, 5.74) is 6.40. The van der Waals surface area contributed by atoms with Crippen molar-refractivity contribution in [2.75, 3.05) is 0 Å². The number of allylic oxidation sites excluding steroid dienone is 8. The molecule has 4 unspecified atom stereocenters. The van der Waals surface area contributed by atoms with Crippen LogP contribution in [0, 0.1) is 11.8 Å². The third-order valence-corrected chi connectivity index (χ3v) is 7.08. The van der Waals surface area contributed by atoms with Crippen LogP contribution in [0.1, 0.15) is 100 Å². The van der Waals surface area contributed by atoms with Gasteiger partial charge in [0.05, 0.1) is 0 Å². The Morgan fingerprint density at radius 3 is 1.69 bits per heavy atom. The smallest absolute Gasteiger partial charge is 0.0121 e. The Morgan fingerprint density at radius 2 is 1.31 bits per heavy atom. The molecule has 0 saturated heterocycles. The van der Waals surface area contributed by atoms with Gasteiger partial charge in [0.15, 0.2) is 0 Å². The summed E-state index contributed by atoms with van der Waals surface area (Å²) in [5.74, 6) is 2.92. The van der Waals surface area contributed by atoms with Crippen molar-refractivity contribution in [1.82, 2.24) is 0 Å². The Kier molecular flexibility index (Phi) is 7.76. The normalized spacial score (nSPS) is 23.0. The Balaban J connectivity index is 2.07. The predicted octanol–water partition coefficient (Wildman–Crippen LogP) is 8.62. The molecular formula is C29H40. The zero-order valence-electron chi connectivity index (χ0n) is 19.2. The van der Waals surface area contributed by atoms with Crippen LogP contribution < -0.4 is 0 Å². The Hall–Kier alpha value is -1.82. The lowest BCUT2D eigenvalue weighted by molar-refractivity contribution is 0.521. The fourth-order valence-corrected chi connectivity index (χ4v) is 4.93. The molecule has 3 rings (SSSR count). The Bertz CT molecular complexity index is 729. The van der Waals surface area contributed by atoms with E-state index in [1.54, 1.807) is 16.7 Å². The molecule has 0 fully saturated rings. The Labute approximate surface area is 179 Å². The van der Waals surface area contributed by atoms with Gasteiger partial charge in [-0.25, -0.2) is 0 Å². The third kappa shape index (κ3) is 5.21. The summed E-state index contributed by atoms with van der Waals surface area (Å²) in [5, 5.41) is 0. The largest absolute Gasteiger partial charge is 0.0839 e. The summed E-state index contributed by atoms with van der Waals surface area (Å²) < 4.78 is 0. The highest BCUT2D eigenvalue weighted by Crippen LogP contribution is 2.40. The van der Waals surface area contributed by atoms with Crippen molar-refractivity contribution in [3.8, 4) is 0 Å². The number of rotatable bonds is 8. The van der Waals surface area contributed by atoms with Crippen molar-refractivity contribution < 1.29 is 0 Å². The monoisotopic (exact) mass is 388 g/mol. The van der Waals surface area contributed by atoms with Crippen molar-refractivity contribution in [3.63, 3.8) is 0 Å². The fourth-order valence-electron chi connectivity index (χ4n) is 4.93. The van der Waals surface area contributed by atoms with Crippen molar-refractivity contribution in [2.24, 2.45) is 11.8 Å². The second-order valence-electron chi connectivity index (χ2n) is 9.44. The molecule has 0 radical (unpaired) electrons. The van der Waals surface area contributed by atoms with Crippen molar-refractivity contribution in [2.45, 2.75) is 84.5 Å². The van der Waals surface area contributed by atoms with Gasteiger partial charge in [-0.15, -0.1) is 0 Å². The summed E-state index contributed by atoms with van der Waals surface area (Å²) in [6, 6.07) is 5.11. The molecule has 2 aliphatic rings. The molecule has 4 atom stereocenters. The number of hydrogen-bond donors (Lipinski definition) is 0. The first kappa shape index (κ1) is 21.9. The first-order valence-electron chi connectivity index (χ1n) is 11.9. The van der Waals surface area contributed by atoms with Crippen LogP contribution >= 0.6 is 0 Å². The highest BCUT2D eigenvalue weighted by molar-refractivity contribution is 5.45. The highest BCUT2D eigenvalue weighted by Gasteiger charge is 2.26. The zero-order valence-corrected chi connectivity index (χ0v) is 19.2. The van der Waals surface area contributed by atoms with Gasteiger partial charge in [0.1, 0.15) is 0 Å². The summed E-state index contributed by atoms with van der Waals surface area (Å²) in [7, 11) is 0. The van der Waals surface area contributed by atoms with Crippen LogP contribution in [0.5, 0.6) is 0 Å². The van der Waals surface area contributed by atoms with E-state index in [-0.39, 0.29) is 0 Å². The van der Waals surface area contributed by atoms with E-state index in [4.69, 9.17) is 0 Å². The minimum atomic E-state index is 0.564. The zero-order chi connectivity index (χ0) is 20.8. The van der Waals surface area contributed by atoms with E-state index in [2.05, 4.69) is 95.4 Å². The van der Waals surface area contributed by atoms with Gasteiger partial charge >= 0.3 is 0 Å². The van der Waals surface area contributed by atoms with Crippen LogP contribution in [0.2, 0.25) is 0 Å². The number of benzene rings is 1. The molecule has 0 aliphatic heterocycles. The lowest BCUT2D eigenvalue weighted by atomic mass is 9.74. The van der Waals surface area contributed by atoms with Crippen molar-refractivity contribution in [3.05, 3.63) is 83.0 Å². The standard InChI is InChI=1S/C29H40/c1-6-7-18-27-28(22(4)24-14-10-8-11-15-24)19-26(21(2)3)20-29(27)23(5)25-16-12-9-13-17-25/h8-14,16,19-25H,6-7,15,17-18H2,1-5H3. The summed E-state index contributed by atoms with van der Waals surface area (Å²) in [6.45, 7) is 11.9. The molecule has 0 amide bonds. The minimum Gasteiger partial charge on any atom is -0.0839 e. The molecule has 0 nitrogen and oxygen atoms in total. The SMILES string of the molecule is CCCCc1c(C(C)C2C=CC=CC2)cc(C(C)C)cc1C(C)C1C=CC=CC1. The van der Waals surface area contributed by atoms with Gasteiger partial charge < -0.3 is 0 Å². The lowest BCUT2D eigenvalue weighted by Gasteiger charge is -2.31. The molecule has 0 heterocycles. The van der Waals surface area contributed by atoms with Crippen molar-refractivity contribution >= 4 is 0 Å². The first-order chi connectivity index (χ1) is 14.0. The molecule has 0 saturated carbocycles. The van der Waals surface area contributed by atoms with Crippen molar-refractivity contribution in [1.29, 1.82) is 0 Å². The van der Waals surface area contributed by atoms with Gasteiger partial charge in [0, 0.05) is 0 Å². The predicted molar refractivity (Wildman–Crippen MR) is 129 cm³/mol. The average Bonchev–Trinajstić information content (AvgIpc) is 2.77. The van der Waals surface area contributed by atoms with E-state index >= 15 is 0 Å². The van der Waals surface area contributed by atoms with E-state index in [1.807, 2.05) is 0 Å². The van der Waals surface area contributed by atoms with Crippen LogP contribution in [0.4, 0.5) is 0 Å². The maximum absolute atomic E-state index is 2.55. The maximum Gasteiger partial charge on any atom is -0.0121 e. The molecule has 29 heavy (non-hydrogen) atoms. The summed E-state index contributed by atoms with van der Waals surface area (Å²) in [6.07, 6.45) is 24.5. The number of unbranched alkanes of at least 4 members (excludes halogenated alkanes) is 1. The van der Waals surface area contributed by atoms with Gasteiger partial charge in [-0.1, -0.05) is 102 Å². The summed E-state index contributed by atoms with van der Waals surface area (Å²) in [4.78, 5) is 0. The van der Waals surface area contributed by atoms with E-state index in [1.165, 1.54) is 24.8 Å². The van der Waals surface area contributed by atoms with Gasteiger partial charge in [-0.05, 0) is 77.5 Å². The second-order valence-corrected chi connectivity index (χ2v) is 9.44. The van der Waals surface area contributed by atoms with Crippen LogP contribution in [-0.4, -0.2) is 0 Å². The molecule has 1 aromatic carbocycles. The Morgan fingerprint density at radius 1 is 0.793 bits per heavy atom. The molecule has 0 aromatic heterocycles. The maximum atomic E-state index is 2.55. The van der Waals surface area contributed by atoms with Gasteiger partial charge in [-0.3, -0.25) is 0 Å². The fraction of sp³-hybridized carbons (Fsp3) is 0.517. The molecule has 0 bridgehead atoms. The highest BCUT2D eigenvalue weighted by atomic mass is 14.3. The lowest BCUT2D eigenvalue weighted by Crippen LogP contribution is -2.17. The molecule has 0 N–H and O–H groups in total. The molecule has 0 heteroatoms. The van der Waals surface area contributed by atoms with Gasteiger partial charge in [0.25, 0.3) is 0 Å². The minimum absolute atomic E-state index is 0.564. The van der Waals surface area contributed by atoms with Crippen LogP contribution in [-0.2, 0) is 6.42 Å². The molecule has 156 valence electrons. The van der Waals surface area contributed by atoms with Gasteiger partial charge in [-0.2, -0.15) is 0 Å². The molecule has 1 aromatic rings. The van der Waals surface area contributed by atoms with E-state index < -0.39 is 0 Å². The molecular weight excluding hydrogens is 348 g/mol. The van der Waals surface area contributed by atoms with Crippen LogP contribution in [0.3, 0.4) is 0 Å². The van der Waals surface area contributed by atoms with E-state index in [0.717, 1.165) is 12.8 Å². The third-order valence-electron chi connectivity index (χ3n) is 7.08. The molecule has 2 aliphatic carbocycles. The first-order valence-corrected chi connectivity index (χ1v) is 11.9. The van der Waals surface area contributed by atoms with Crippen LogP contribution in [0.15, 0.2) is 60.7 Å². The second kappa shape index (κ2) is 10.3. The van der Waals surface area contributed by atoms with E-state index in [0.29, 0.717) is 29.6 Å². The molecule has 0 spiro atoms. The summed E-state index contributed by atoms with van der Waals surface area (Å²) >= 11 is 0. The quantitative estimate of drug-likeness (QED) is 0.418. The van der Waals surface area contributed by atoms with Gasteiger partial charge in [0.2, 0.25) is 0 Å². The average molecular weight is 389 g/mol. The van der Waals surface area contributed by atoms with Crippen LogP contribution in [0.25, 0.3) is 0 Å². The number of hydrogen-bond acceptors (Lipinski definition) is 0. The van der Waals surface area contributed by atoms with E-state index in [9.17, 15) is 0 Å².